The highest BCUT2D eigenvalue weighted by atomic mass is 32.2. The third-order valence-corrected chi connectivity index (χ3v) is 3.26. The number of esters is 1. The van der Waals surface area contributed by atoms with Gasteiger partial charge in [-0.15, -0.1) is 16.9 Å². The summed E-state index contributed by atoms with van der Waals surface area (Å²) in [7, 11) is 0. The highest BCUT2D eigenvalue weighted by molar-refractivity contribution is 7.99. The highest BCUT2D eigenvalue weighted by Crippen LogP contribution is 2.13. The number of nitrogens with zero attached hydrogens (tertiary/aromatic N) is 4. The molecular weight excluding hydrogens is 276 g/mol. The van der Waals surface area contributed by atoms with Crippen molar-refractivity contribution >= 4 is 17.7 Å². The van der Waals surface area contributed by atoms with Crippen LogP contribution in [0.4, 0.5) is 0 Å². The summed E-state index contributed by atoms with van der Waals surface area (Å²) >= 11 is 1.43. The minimum Gasteiger partial charge on any atom is -0.462 e. The second-order valence-corrected chi connectivity index (χ2v) is 5.36. The highest BCUT2D eigenvalue weighted by Gasteiger charge is 2.10. The van der Waals surface area contributed by atoms with Gasteiger partial charge in [0.1, 0.15) is 0 Å². The molecule has 0 aliphatic rings. The molecule has 0 radical (unpaired) electrons. The van der Waals surface area contributed by atoms with Gasteiger partial charge in [0, 0.05) is 0 Å². The zero-order valence-corrected chi connectivity index (χ0v) is 12.2. The third kappa shape index (κ3) is 4.06. The van der Waals surface area contributed by atoms with E-state index < -0.39 is 0 Å². The molecule has 0 aliphatic heterocycles. The van der Waals surface area contributed by atoms with E-state index in [9.17, 15) is 4.79 Å². The van der Waals surface area contributed by atoms with Crippen molar-refractivity contribution < 1.29 is 9.53 Å². The molecule has 1 aromatic heterocycles. The second-order valence-electron chi connectivity index (χ2n) is 4.37. The summed E-state index contributed by atoms with van der Waals surface area (Å²) in [5.41, 5.74) is 0.901. The fraction of sp³-hybridized carbons (Fsp3) is 0.385. The first-order valence-corrected chi connectivity index (χ1v) is 7.42. The zero-order valence-electron chi connectivity index (χ0n) is 11.4. The molecule has 0 fully saturated rings. The molecule has 0 aliphatic carbocycles. The molecule has 6 nitrogen and oxygen atoms in total. The number of hydrogen-bond donors (Lipinski definition) is 0. The Hall–Kier alpha value is -1.89. The van der Waals surface area contributed by atoms with Gasteiger partial charge in [-0.1, -0.05) is 18.2 Å². The summed E-state index contributed by atoms with van der Waals surface area (Å²) in [6.07, 6.45) is -0.0854. The van der Waals surface area contributed by atoms with E-state index in [4.69, 9.17) is 4.74 Å². The second kappa shape index (κ2) is 7.04. The Bertz CT molecular complexity index is 557. The first kappa shape index (κ1) is 14.5. The van der Waals surface area contributed by atoms with Gasteiger partial charge in [-0.05, 0) is 36.4 Å². The van der Waals surface area contributed by atoms with Crippen LogP contribution in [0.25, 0.3) is 5.69 Å². The lowest BCUT2D eigenvalue weighted by Gasteiger charge is -2.07. The average Bonchev–Trinajstić information content (AvgIpc) is 2.87. The SMILES string of the molecule is CC(C)OC(=O)CSCc1nnnn1-c1ccccc1. The van der Waals surface area contributed by atoms with Crippen LogP contribution in [0.3, 0.4) is 0 Å². The molecule has 7 heteroatoms. The third-order valence-electron chi connectivity index (χ3n) is 2.35. The maximum atomic E-state index is 11.4. The number of aromatic nitrogens is 4. The van der Waals surface area contributed by atoms with Crippen LogP contribution >= 0.6 is 11.8 Å². The standard InChI is InChI=1S/C13H16N4O2S/c1-10(2)19-13(18)9-20-8-12-14-15-16-17(12)11-6-4-3-5-7-11/h3-7,10H,8-9H2,1-2H3. The average molecular weight is 292 g/mol. The number of carbonyl (C=O) groups is 1. The fourth-order valence-electron chi connectivity index (χ4n) is 1.59. The van der Waals surface area contributed by atoms with E-state index >= 15 is 0 Å². The topological polar surface area (TPSA) is 69.9 Å². The fourth-order valence-corrected chi connectivity index (χ4v) is 2.29. The quantitative estimate of drug-likeness (QED) is 0.757. The molecule has 2 aromatic rings. The molecule has 106 valence electrons. The van der Waals surface area contributed by atoms with Crippen molar-refractivity contribution in [1.82, 2.24) is 20.2 Å². The van der Waals surface area contributed by atoms with Gasteiger partial charge in [-0.2, -0.15) is 4.68 Å². The first-order valence-electron chi connectivity index (χ1n) is 6.26. The summed E-state index contributed by atoms with van der Waals surface area (Å²) in [6, 6.07) is 9.64. The van der Waals surface area contributed by atoms with Crippen LogP contribution in [0.15, 0.2) is 30.3 Å². The lowest BCUT2D eigenvalue weighted by Crippen LogP contribution is -2.13. The van der Waals surface area contributed by atoms with E-state index in [1.54, 1.807) is 4.68 Å². The van der Waals surface area contributed by atoms with E-state index in [-0.39, 0.29) is 12.1 Å². The van der Waals surface area contributed by atoms with Gasteiger partial charge in [0.05, 0.1) is 23.3 Å². The molecule has 0 saturated carbocycles. The van der Waals surface area contributed by atoms with Crippen LogP contribution in [0.5, 0.6) is 0 Å². The molecule has 0 spiro atoms. The van der Waals surface area contributed by atoms with E-state index in [1.807, 2.05) is 44.2 Å². The molecule has 0 N–H and O–H groups in total. The molecule has 0 atom stereocenters. The van der Waals surface area contributed by atoms with Gasteiger partial charge in [-0.25, -0.2) is 0 Å². The molecule has 0 unspecified atom stereocenters. The molecule has 1 heterocycles. The van der Waals surface area contributed by atoms with Crippen molar-refractivity contribution in [2.75, 3.05) is 5.75 Å². The molecule has 0 saturated heterocycles. The van der Waals surface area contributed by atoms with Crippen molar-refractivity contribution in [3.63, 3.8) is 0 Å². The largest absolute Gasteiger partial charge is 0.462 e. The Kier molecular flexibility index (Phi) is 5.11. The molecule has 20 heavy (non-hydrogen) atoms. The number of para-hydroxylation sites is 1. The first-order chi connectivity index (χ1) is 9.66. The van der Waals surface area contributed by atoms with E-state index in [0.717, 1.165) is 5.69 Å². The number of thioether (sulfide) groups is 1. The minimum atomic E-state index is -0.219. The van der Waals surface area contributed by atoms with Crippen molar-refractivity contribution in [3.8, 4) is 5.69 Å². The van der Waals surface area contributed by atoms with Crippen molar-refractivity contribution in [3.05, 3.63) is 36.2 Å². The van der Waals surface area contributed by atoms with E-state index in [1.165, 1.54) is 11.8 Å². The number of rotatable bonds is 6. The van der Waals surface area contributed by atoms with Crippen molar-refractivity contribution in [2.24, 2.45) is 0 Å². The minimum absolute atomic E-state index is 0.0854. The number of ether oxygens (including phenoxy) is 1. The van der Waals surface area contributed by atoms with Gasteiger partial charge in [0.15, 0.2) is 5.82 Å². The summed E-state index contributed by atoms with van der Waals surface area (Å²) in [5, 5.41) is 11.6. The van der Waals surface area contributed by atoms with Crippen molar-refractivity contribution in [1.29, 1.82) is 0 Å². The molecule has 0 amide bonds. The number of hydrogen-bond acceptors (Lipinski definition) is 6. The van der Waals surface area contributed by atoms with Gasteiger partial charge in [0.25, 0.3) is 0 Å². The van der Waals surface area contributed by atoms with E-state index in [0.29, 0.717) is 17.3 Å². The lowest BCUT2D eigenvalue weighted by molar-refractivity contribution is -0.144. The smallest absolute Gasteiger partial charge is 0.316 e. The van der Waals surface area contributed by atoms with Crippen molar-refractivity contribution in [2.45, 2.75) is 25.7 Å². The Morgan fingerprint density at radius 2 is 2.10 bits per heavy atom. The number of carbonyl (C=O) groups excluding carboxylic acids is 1. The normalized spacial score (nSPS) is 10.8. The predicted octanol–water partition coefficient (Wildman–Crippen LogP) is 1.85. The van der Waals surface area contributed by atoms with Crippen LogP contribution in [0.1, 0.15) is 19.7 Å². The molecule has 2 rings (SSSR count). The monoisotopic (exact) mass is 292 g/mol. The van der Waals surface area contributed by atoms with Gasteiger partial charge >= 0.3 is 5.97 Å². The van der Waals surface area contributed by atoms with Crippen LogP contribution in [0, 0.1) is 0 Å². The Morgan fingerprint density at radius 3 is 2.80 bits per heavy atom. The van der Waals surface area contributed by atoms with Gasteiger partial charge in [0.2, 0.25) is 0 Å². The van der Waals surface area contributed by atoms with Crippen LogP contribution in [-0.2, 0) is 15.3 Å². The maximum absolute atomic E-state index is 11.4. The predicted molar refractivity (Wildman–Crippen MR) is 76.5 cm³/mol. The van der Waals surface area contributed by atoms with Gasteiger partial charge in [-0.3, -0.25) is 4.79 Å². The Labute approximate surface area is 121 Å². The molecule has 1 aromatic carbocycles. The van der Waals surface area contributed by atoms with Crippen LogP contribution < -0.4 is 0 Å². The Balaban J connectivity index is 1.92. The summed E-state index contributed by atoms with van der Waals surface area (Å²) in [4.78, 5) is 11.4. The number of benzene rings is 1. The number of tetrazole rings is 1. The lowest BCUT2D eigenvalue weighted by atomic mass is 10.3. The summed E-state index contributed by atoms with van der Waals surface area (Å²) in [5.74, 6) is 1.33. The molecular formula is C13H16N4O2S. The van der Waals surface area contributed by atoms with Crippen LogP contribution in [-0.4, -0.2) is 38.0 Å². The Morgan fingerprint density at radius 1 is 1.35 bits per heavy atom. The maximum Gasteiger partial charge on any atom is 0.316 e. The van der Waals surface area contributed by atoms with Gasteiger partial charge < -0.3 is 4.74 Å². The zero-order chi connectivity index (χ0) is 14.4. The molecule has 0 bridgehead atoms. The summed E-state index contributed by atoms with van der Waals surface area (Å²) in [6.45, 7) is 3.66. The van der Waals surface area contributed by atoms with E-state index in [2.05, 4.69) is 15.5 Å². The van der Waals surface area contributed by atoms with Crippen LogP contribution in [0.2, 0.25) is 0 Å². The summed E-state index contributed by atoms with van der Waals surface area (Å²) < 4.78 is 6.73.